The third-order valence-corrected chi connectivity index (χ3v) is 5.02. The predicted molar refractivity (Wildman–Crippen MR) is 81.1 cm³/mol. The number of halogens is 1. The van der Waals surface area contributed by atoms with Crippen LogP contribution in [0.2, 0.25) is 0 Å². The molecule has 3 fully saturated rings. The number of carbonyl (C=O) groups excluding carboxylic acids is 1. The van der Waals surface area contributed by atoms with Gasteiger partial charge in [-0.25, -0.2) is 0 Å². The second-order valence-corrected chi connectivity index (χ2v) is 6.68. The van der Waals surface area contributed by atoms with E-state index >= 15 is 0 Å². The van der Waals surface area contributed by atoms with Crippen LogP contribution >= 0.6 is 12.4 Å². The van der Waals surface area contributed by atoms with Gasteiger partial charge in [-0.3, -0.25) is 4.79 Å². The number of hydrogen-bond donors (Lipinski definition) is 1. The van der Waals surface area contributed by atoms with Gasteiger partial charge in [-0.05, 0) is 38.0 Å². The molecule has 0 radical (unpaired) electrons. The highest BCUT2D eigenvalue weighted by Gasteiger charge is 2.34. The van der Waals surface area contributed by atoms with Crippen molar-refractivity contribution in [1.82, 2.24) is 10.2 Å². The molecule has 3 aliphatic rings. The molecule has 3 rings (SSSR count). The number of rotatable bonds is 4. The summed E-state index contributed by atoms with van der Waals surface area (Å²) < 4.78 is 5.38. The molecule has 0 spiro atoms. The number of fused-ring (bicyclic) bond motifs is 2. The van der Waals surface area contributed by atoms with E-state index in [0.717, 1.165) is 32.6 Å². The van der Waals surface area contributed by atoms with Crippen LogP contribution in [0, 0.1) is 11.8 Å². The number of amides is 1. The van der Waals surface area contributed by atoms with Gasteiger partial charge in [0.15, 0.2) is 0 Å². The average Bonchev–Trinajstić information content (AvgIpc) is 2.99. The van der Waals surface area contributed by atoms with Crippen molar-refractivity contribution in [2.24, 2.45) is 11.8 Å². The van der Waals surface area contributed by atoms with Crippen molar-refractivity contribution in [1.29, 1.82) is 0 Å². The first-order valence-corrected chi connectivity index (χ1v) is 7.78. The third-order valence-electron chi connectivity index (χ3n) is 5.02. The van der Waals surface area contributed by atoms with Crippen LogP contribution in [0.4, 0.5) is 0 Å². The first-order chi connectivity index (χ1) is 9.20. The first kappa shape index (κ1) is 16.1. The molecule has 1 amide bonds. The van der Waals surface area contributed by atoms with E-state index in [-0.39, 0.29) is 12.4 Å². The van der Waals surface area contributed by atoms with Crippen LogP contribution in [0.15, 0.2) is 0 Å². The molecule has 3 heterocycles. The molecule has 0 aromatic rings. The lowest BCUT2D eigenvalue weighted by Gasteiger charge is -2.30. The summed E-state index contributed by atoms with van der Waals surface area (Å²) in [6, 6.07) is 1.37. The van der Waals surface area contributed by atoms with Gasteiger partial charge in [0.05, 0.1) is 6.61 Å². The van der Waals surface area contributed by atoms with Crippen molar-refractivity contribution in [3.8, 4) is 0 Å². The summed E-state index contributed by atoms with van der Waals surface area (Å²) >= 11 is 0. The van der Waals surface area contributed by atoms with Gasteiger partial charge in [-0.2, -0.15) is 0 Å². The molecule has 116 valence electrons. The lowest BCUT2D eigenvalue weighted by molar-refractivity contribution is -0.131. The van der Waals surface area contributed by atoms with Gasteiger partial charge in [0, 0.05) is 44.6 Å². The molecule has 3 saturated heterocycles. The topological polar surface area (TPSA) is 41.6 Å². The highest BCUT2D eigenvalue weighted by molar-refractivity contribution is 5.85. The number of carbonyl (C=O) groups is 1. The summed E-state index contributed by atoms with van der Waals surface area (Å²) in [5.41, 5.74) is 0. The van der Waals surface area contributed by atoms with Crippen LogP contribution in [0.1, 0.15) is 38.5 Å². The highest BCUT2D eigenvalue weighted by atomic mass is 35.5. The average molecular weight is 303 g/mol. The lowest BCUT2D eigenvalue weighted by Crippen LogP contribution is -2.40. The van der Waals surface area contributed by atoms with Crippen LogP contribution in [0.3, 0.4) is 0 Å². The largest absolute Gasteiger partial charge is 0.381 e. The van der Waals surface area contributed by atoms with Crippen molar-refractivity contribution in [3.63, 3.8) is 0 Å². The van der Waals surface area contributed by atoms with Crippen LogP contribution in [0.25, 0.3) is 0 Å². The molecule has 2 bridgehead atoms. The van der Waals surface area contributed by atoms with Crippen molar-refractivity contribution in [2.75, 3.05) is 26.8 Å². The first-order valence-electron chi connectivity index (χ1n) is 7.78. The molecule has 5 heteroatoms. The maximum atomic E-state index is 12.3. The maximum absolute atomic E-state index is 12.3. The highest BCUT2D eigenvalue weighted by Crippen LogP contribution is 2.33. The van der Waals surface area contributed by atoms with E-state index in [0.29, 0.717) is 29.8 Å². The Morgan fingerprint density at radius 3 is 2.50 bits per heavy atom. The second-order valence-electron chi connectivity index (χ2n) is 6.68. The fourth-order valence-electron chi connectivity index (χ4n) is 3.96. The number of piperidine rings is 1. The minimum Gasteiger partial charge on any atom is -0.381 e. The van der Waals surface area contributed by atoms with E-state index in [2.05, 4.69) is 5.32 Å². The Morgan fingerprint density at radius 1 is 1.20 bits per heavy atom. The van der Waals surface area contributed by atoms with Gasteiger partial charge in [0.1, 0.15) is 0 Å². The molecule has 3 atom stereocenters. The molecule has 0 aliphatic carbocycles. The molecule has 0 aromatic carbocycles. The molecule has 3 aliphatic heterocycles. The number of hydrogen-bond acceptors (Lipinski definition) is 3. The van der Waals surface area contributed by atoms with Gasteiger partial charge >= 0.3 is 0 Å². The monoisotopic (exact) mass is 302 g/mol. The Balaban J connectivity index is 0.00000147. The number of ether oxygens (including phenoxy) is 1. The van der Waals surface area contributed by atoms with Crippen LogP contribution in [-0.4, -0.2) is 49.7 Å². The normalized spacial score (nSPS) is 35.6. The van der Waals surface area contributed by atoms with Crippen LogP contribution in [0.5, 0.6) is 0 Å². The van der Waals surface area contributed by atoms with Crippen molar-refractivity contribution in [2.45, 2.75) is 50.6 Å². The zero-order chi connectivity index (χ0) is 13.2. The minimum atomic E-state index is 0. The molecular formula is C15H27ClN2O2. The lowest BCUT2D eigenvalue weighted by atomic mass is 9.89. The number of nitrogens with one attached hydrogen (secondary N) is 1. The van der Waals surface area contributed by atoms with E-state index in [1.807, 2.05) is 11.9 Å². The van der Waals surface area contributed by atoms with E-state index in [9.17, 15) is 4.79 Å². The van der Waals surface area contributed by atoms with Gasteiger partial charge in [-0.15, -0.1) is 12.4 Å². The van der Waals surface area contributed by atoms with Gasteiger partial charge < -0.3 is 15.0 Å². The molecule has 4 nitrogen and oxygen atoms in total. The zero-order valence-electron chi connectivity index (χ0n) is 12.3. The van der Waals surface area contributed by atoms with Crippen molar-refractivity contribution < 1.29 is 9.53 Å². The van der Waals surface area contributed by atoms with Crippen LogP contribution in [-0.2, 0) is 9.53 Å². The summed E-state index contributed by atoms with van der Waals surface area (Å²) in [4.78, 5) is 14.2. The summed E-state index contributed by atoms with van der Waals surface area (Å²) in [7, 11) is 1.95. The Hall–Kier alpha value is -0.320. The minimum absolute atomic E-state index is 0. The number of nitrogens with zero attached hydrogens (tertiary/aromatic N) is 1. The van der Waals surface area contributed by atoms with Crippen LogP contribution < -0.4 is 5.32 Å². The zero-order valence-corrected chi connectivity index (χ0v) is 13.2. The fraction of sp³-hybridized carbons (Fsp3) is 0.933. The molecule has 0 saturated carbocycles. The van der Waals surface area contributed by atoms with E-state index in [1.54, 1.807) is 0 Å². The molecule has 20 heavy (non-hydrogen) atoms. The Bertz CT molecular complexity index is 322. The predicted octanol–water partition coefficient (Wildman–Crippen LogP) is 1.82. The Labute approximate surface area is 128 Å². The van der Waals surface area contributed by atoms with Gasteiger partial charge in [0.25, 0.3) is 0 Å². The summed E-state index contributed by atoms with van der Waals surface area (Å²) in [5, 5.41) is 3.64. The van der Waals surface area contributed by atoms with E-state index in [1.165, 1.54) is 25.7 Å². The smallest absolute Gasteiger partial charge is 0.222 e. The molecule has 0 aromatic heterocycles. The van der Waals surface area contributed by atoms with Gasteiger partial charge in [0.2, 0.25) is 5.91 Å². The molecule has 3 unspecified atom stereocenters. The third kappa shape index (κ3) is 3.86. The Morgan fingerprint density at radius 2 is 1.90 bits per heavy atom. The summed E-state index contributed by atoms with van der Waals surface area (Å²) in [5.74, 6) is 1.49. The summed E-state index contributed by atoms with van der Waals surface area (Å²) in [6.07, 6.45) is 6.87. The molecular weight excluding hydrogens is 276 g/mol. The van der Waals surface area contributed by atoms with E-state index in [4.69, 9.17) is 4.74 Å². The quantitative estimate of drug-likeness (QED) is 0.861. The van der Waals surface area contributed by atoms with Gasteiger partial charge in [-0.1, -0.05) is 0 Å². The van der Waals surface area contributed by atoms with E-state index < -0.39 is 0 Å². The van der Waals surface area contributed by atoms with Crippen molar-refractivity contribution >= 4 is 18.3 Å². The second kappa shape index (κ2) is 7.10. The maximum Gasteiger partial charge on any atom is 0.222 e. The standard InChI is InChI=1S/C15H26N2O2.ClH/c1-17(9-11-4-5-19-10-11)15(18)8-12-6-13-2-3-14(7-12)16-13;/h11-14,16H,2-10H2,1H3;1H. The SMILES string of the molecule is CN(CC1CCOC1)C(=O)CC1CC2CCC(C1)N2.Cl. The van der Waals surface area contributed by atoms with Crippen molar-refractivity contribution in [3.05, 3.63) is 0 Å². The fourth-order valence-corrected chi connectivity index (χ4v) is 3.96. The Kier molecular flexibility index (Phi) is 5.70. The molecule has 1 N–H and O–H groups in total. The summed E-state index contributed by atoms with van der Waals surface area (Å²) in [6.45, 7) is 2.57.